The molecular formula is C13H14IN3O2. The van der Waals surface area contributed by atoms with Gasteiger partial charge in [0.2, 0.25) is 11.8 Å². The molecule has 2 aromatic rings. The molecule has 2 heterocycles. The normalized spacial score (nSPS) is 16.7. The summed E-state index contributed by atoms with van der Waals surface area (Å²) in [4.78, 5) is 2.26. The highest BCUT2D eigenvalue weighted by Gasteiger charge is 2.15. The highest BCUT2D eigenvalue weighted by Crippen LogP contribution is 2.19. The minimum Gasteiger partial charge on any atom is -0.419 e. The quantitative estimate of drug-likeness (QED) is 0.775. The van der Waals surface area contributed by atoms with Crippen LogP contribution in [0.25, 0.3) is 11.5 Å². The van der Waals surface area contributed by atoms with Crippen molar-refractivity contribution in [3.05, 3.63) is 33.7 Å². The van der Waals surface area contributed by atoms with Crippen LogP contribution in [0.4, 0.5) is 0 Å². The Morgan fingerprint density at radius 3 is 2.58 bits per heavy atom. The molecule has 19 heavy (non-hydrogen) atoms. The van der Waals surface area contributed by atoms with Gasteiger partial charge in [0.1, 0.15) is 0 Å². The van der Waals surface area contributed by atoms with Crippen LogP contribution in [0, 0.1) is 3.57 Å². The molecule has 1 fully saturated rings. The smallest absolute Gasteiger partial charge is 0.247 e. The molecule has 1 saturated heterocycles. The number of benzene rings is 1. The lowest BCUT2D eigenvalue weighted by Gasteiger charge is -2.24. The van der Waals surface area contributed by atoms with Crippen LogP contribution < -0.4 is 0 Å². The Morgan fingerprint density at radius 2 is 1.84 bits per heavy atom. The molecule has 1 aromatic carbocycles. The Labute approximate surface area is 125 Å². The van der Waals surface area contributed by atoms with Gasteiger partial charge >= 0.3 is 0 Å². The Balaban J connectivity index is 1.70. The lowest BCUT2D eigenvalue weighted by atomic mass is 10.2. The zero-order valence-corrected chi connectivity index (χ0v) is 12.5. The molecule has 0 bridgehead atoms. The van der Waals surface area contributed by atoms with Crippen LogP contribution in [0.3, 0.4) is 0 Å². The number of hydrogen-bond donors (Lipinski definition) is 0. The minimum atomic E-state index is 0.583. The summed E-state index contributed by atoms with van der Waals surface area (Å²) in [5.41, 5.74) is 0.959. The number of rotatable bonds is 3. The average Bonchev–Trinajstić information content (AvgIpc) is 2.89. The molecule has 0 saturated carbocycles. The molecule has 0 atom stereocenters. The SMILES string of the molecule is Ic1ccc(-c2nnc(CN3CCOCC3)o2)cc1. The molecule has 5 nitrogen and oxygen atoms in total. The van der Waals surface area contributed by atoms with Crippen molar-refractivity contribution < 1.29 is 9.15 Å². The molecule has 0 spiro atoms. The lowest BCUT2D eigenvalue weighted by molar-refractivity contribution is 0.0306. The van der Waals surface area contributed by atoms with E-state index in [9.17, 15) is 0 Å². The second kappa shape index (κ2) is 5.98. The van der Waals surface area contributed by atoms with Crippen molar-refractivity contribution in [2.45, 2.75) is 6.54 Å². The first kappa shape index (κ1) is 13.0. The average molecular weight is 371 g/mol. The first-order chi connectivity index (χ1) is 9.31. The van der Waals surface area contributed by atoms with Crippen LogP contribution in [0.5, 0.6) is 0 Å². The first-order valence-corrected chi connectivity index (χ1v) is 7.27. The van der Waals surface area contributed by atoms with E-state index in [2.05, 4.69) is 37.7 Å². The fourth-order valence-corrected chi connectivity index (χ4v) is 2.34. The van der Waals surface area contributed by atoms with Gasteiger partial charge in [0.05, 0.1) is 19.8 Å². The fraction of sp³-hybridized carbons (Fsp3) is 0.385. The van der Waals surface area contributed by atoms with E-state index < -0.39 is 0 Å². The Kier molecular flexibility index (Phi) is 4.09. The third-order valence-corrected chi connectivity index (χ3v) is 3.74. The van der Waals surface area contributed by atoms with Crippen molar-refractivity contribution in [3.63, 3.8) is 0 Å². The number of nitrogens with zero attached hydrogens (tertiary/aromatic N) is 3. The molecule has 1 aliphatic heterocycles. The van der Waals surface area contributed by atoms with Gasteiger partial charge in [-0.25, -0.2) is 0 Å². The molecule has 0 aliphatic carbocycles. The Hall–Kier alpha value is -0.990. The van der Waals surface area contributed by atoms with Crippen molar-refractivity contribution in [1.82, 2.24) is 15.1 Å². The highest BCUT2D eigenvalue weighted by atomic mass is 127. The molecule has 0 radical (unpaired) electrons. The Bertz CT molecular complexity index is 535. The zero-order valence-electron chi connectivity index (χ0n) is 10.4. The van der Waals surface area contributed by atoms with Gasteiger partial charge in [-0.15, -0.1) is 10.2 Å². The Morgan fingerprint density at radius 1 is 1.11 bits per heavy atom. The van der Waals surface area contributed by atoms with Crippen molar-refractivity contribution in [1.29, 1.82) is 0 Å². The summed E-state index contributed by atoms with van der Waals surface area (Å²) in [5, 5.41) is 8.21. The van der Waals surface area contributed by atoms with Crippen LogP contribution in [-0.2, 0) is 11.3 Å². The molecule has 3 rings (SSSR count). The van der Waals surface area contributed by atoms with Crippen LogP contribution in [-0.4, -0.2) is 41.4 Å². The molecule has 1 aliphatic rings. The van der Waals surface area contributed by atoms with Gasteiger partial charge in [-0.1, -0.05) is 0 Å². The van der Waals surface area contributed by atoms with Crippen molar-refractivity contribution >= 4 is 22.6 Å². The van der Waals surface area contributed by atoms with E-state index in [-0.39, 0.29) is 0 Å². The zero-order chi connectivity index (χ0) is 13.1. The summed E-state index contributed by atoms with van der Waals surface area (Å²) in [6, 6.07) is 8.05. The van der Waals surface area contributed by atoms with Crippen LogP contribution in [0.15, 0.2) is 28.7 Å². The predicted molar refractivity (Wildman–Crippen MR) is 78.5 cm³/mol. The summed E-state index contributed by atoms with van der Waals surface area (Å²) in [6.45, 7) is 4.08. The first-order valence-electron chi connectivity index (χ1n) is 6.20. The van der Waals surface area contributed by atoms with Gasteiger partial charge in [0.15, 0.2) is 0 Å². The minimum absolute atomic E-state index is 0.583. The van der Waals surface area contributed by atoms with E-state index in [0.717, 1.165) is 31.9 Å². The van der Waals surface area contributed by atoms with Gasteiger partial charge in [0, 0.05) is 22.2 Å². The van der Waals surface area contributed by atoms with Gasteiger partial charge in [0.25, 0.3) is 0 Å². The van der Waals surface area contributed by atoms with E-state index in [1.165, 1.54) is 3.57 Å². The molecular weight excluding hydrogens is 357 g/mol. The fourth-order valence-electron chi connectivity index (χ4n) is 1.98. The molecule has 0 amide bonds. The molecule has 1 aromatic heterocycles. The summed E-state index contributed by atoms with van der Waals surface area (Å²) in [7, 11) is 0. The third kappa shape index (κ3) is 3.31. The van der Waals surface area contributed by atoms with Crippen molar-refractivity contribution in [2.24, 2.45) is 0 Å². The summed E-state index contributed by atoms with van der Waals surface area (Å²) in [6.07, 6.45) is 0. The maximum absolute atomic E-state index is 5.71. The maximum Gasteiger partial charge on any atom is 0.247 e. The van der Waals surface area contributed by atoms with Crippen molar-refractivity contribution in [3.8, 4) is 11.5 Å². The third-order valence-electron chi connectivity index (χ3n) is 3.02. The van der Waals surface area contributed by atoms with Crippen LogP contribution in [0.1, 0.15) is 5.89 Å². The van der Waals surface area contributed by atoms with Gasteiger partial charge < -0.3 is 9.15 Å². The molecule has 6 heteroatoms. The van der Waals surface area contributed by atoms with Gasteiger partial charge in [-0.05, 0) is 46.9 Å². The summed E-state index contributed by atoms with van der Waals surface area (Å²) < 4.78 is 12.2. The van der Waals surface area contributed by atoms with E-state index in [0.29, 0.717) is 18.3 Å². The van der Waals surface area contributed by atoms with E-state index in [1.54, 1.807) is 0 Å². The van der Waals surface area contributed by atoms with Crippen LogP contribution in [0.2, 0.25) is 0 Å². The lowest BCUT2D eigenvalue weighted by Crippen LogP contribution is -2.35. The summed E-state index contributed by atoms with van der Waals surface area (Å²) >= 11 is 2.27. The van der Waals surface area contributed by atoms with Gasteiger partial charge in [-0.3, -0.25) is 4.90 Å². The van der Waals surface area contributed by atoms with E-state index in [1.807, 2.05) is 24.3 Å². The highest BCUT2D eigenvalue weighted by molar-refractivity contribution is 14.1. The number of hydrogen-bond acceptors (Lipinski definition) is 5. The van der Waals surface area contributed by atoms with Gasteiger partial charge in [-0.2, -0.15) is 0 Å². The monoisotopic (exact) mass is 371 g/mol. The van der Waals surface area contributed by atoms with E-state index in [4.69, 9.17) is 9.15 Å². The maximum atomic E-state index is 5.71. The standard InChI is InChI=1S/C13H14IN3O2/c14-11-3-1-10(2-4-11)13-16-15-12(19-13)9-17-5-7-18-8-6-17/h1-4H,5-9H2. The van der Waals surface area contributed by atoms with E-state index >= 15 is 0 Å². The summed E-state index contributed by atoms with van der Waals surface area (Å²) in [5.74, 6) is 1.25. The molecule has 0 unspecified atom stereocenters. The number of aromatic nitrogens is 2. The van der Waals surface area contributed by atoms with Crippen molar-refractivity contribution in [2.75, 3.05) is 26.3 Å². The molecule has 100 valence electrons. The number of morpholine rings is 1. The largest absolute Gasteiger partial charge is 0.419 e. The van der Waals surface area contributed by atoms with Crippen LogP contribution >= 0.6 is 22.6 Å². The topological polar surface area (TPSA) is 51.4 Å². The second-order valence-corrected chi connectivity index (χ2v) is 5.64. The molecule has 0 N–H and O–H groups in total. The number of ether oxygens (including phenoxy) is 1. The second-order valence-electron chi connectivity index (χ2n) is 4.40. The number of halogens is 1. The predicted octanol–water partition coefficient (Wildman–Crippen LogP) is 2.17.